The molecule has 2 aromatic rings. The largest absolute Gasteiger partial charge is 0.491 e. The summed E-state index contributed by atoms with van der Waals surface area (Å²) in [6.45, 7) is 5.94. The molecule has 0 saturated carbocycles. The first-order valence-corrected chi connectivity index (χ1v) is 7.28. The number of hydrogen-bond donors (Lipinski definition) is 1. The van der Waals surface area contributed by atoms with Crippen LogP contribution in [0.1, 0.15) is 36.2 Å². The lowest BCUT2D eigenvalue weighted by Crippen LogP contribution is -2.07. The number of aliphatic hydroxyl groups is 1. The summed E-state index contributed by atoms with van der Waals surface area (Å²) in [5, 5.41) is 13.3. The van der Waals surface area contributed by atoms with Crippen LogP contribution in [0.15, 0.2) is 29.6 Å². The van der Waals surface area contributed by atoms with Crippen LogP contribution in [0, 0.1) is 6.92 Å². The van der Waals surface area contributed by atoms with Crippen molar-refractivity contribution >= 4 is 11.3 Å². The predicted octanol–water partition coefficient (Wildman–Crippen LogP) is 3.51. The van der Waals surface area contributed by atoms with Gasteiger partial charge in [0.05, 0.1) is 22.9 Å². The number of nitrogens with zero attached hydrogens (tertiary/aromatic N) is 1. The molecule has 0 aliphatic rings. The fraction of sp³-hybridized carbons (Fsp3) is 0.400. The molecule has 0 spiro atoms. The third-order valence-corrected chi connectivity index (χ3v) is 3.51. The highest BCUT2D eigenvalue weighted by Gasteiger charge is 2.11. The molecule has 102 valence electrons. The highest BCUT2D eigenvalue weighted by molar-refractivity contribution is 7.09. The van der Waals surface area contributed by atoms with Gasteiger partial charge in [0.2, 0.25) is 0 Å². The van der Waals surface area contributed by atoms with E-state index in [0.29, 0.717) is 6.42 Å². The summed E-state index contributed by atoms with van der Waals surface area (Å²) in [5.41, 5.74) is 1.80. The van der Waals surface area contributed by atoms with Crippen LogP contribution in [0.3, 0.4) is 0 Å². The molecule has 19 heavy (non-hydrogen) atoms. The smallest absolute Gasteiger partial charge is 0.120 e. The van der Waals surface area contributed by atoms with Crippen molar-refractivity contribution in [3.63, 3.8) is 0 Å². The zero-order chi connectivity index (χ0) is 13.8. The monoisotopic (exact) mass is 277 g/mol. The lowest BCUT2D eigenvalue weighted by Gasteiger charge is -2.13. The molecule has 0 fully saturated rings. The van der Waals surface area contributed by atoms with Gasteiger partial charge in [0.25, 0.3) is 0 Å². The first-order valence-electron chi connectivity index (χ1n) is 6.40. The maximum atomic E-state index is 10.3. The lowest BCUT2D eigenvalue weighted by atomic mass is 10.1. The van der Waals surface area contributed by atoms with Crippen LogP contribution in [0.25, 0.3) is 0 Å². The van der Waals surface area contributed by atoms with Crippen molar-refractivity contribution in [3.05, 3.63) is 45.9 Å². The fourth-order valence-corrected chi connectivity index (χ4v) is 2.51. The molecule has 1 unspecified atom stereocenters. The Morgan fingerprint density at radius 2 is 2.16 bits per heavy atom. The van der Waals surface area contributed by atoms with Gasteiger partial charge < -0.3 is 9.84 Å². The predicted molar refractivity (Wildman–Crippen MR) is 77.7 cm³/mol. The van der Waals surface area contributed by atoms with Crippen LogP contribution in [-0.2, 0) is 6.42 Å². The number of hydrogen-bond acceptors (Lipinski definition) is 4. The lowest BCUT2D eigenvalue weighted by molar-refractivity contribution is 0.176. The standard InChI is InChI=1S/C15H19NO2S/c1-10(2)18-14-6-4-5-12(7-14)15(17)8-13-9-19-11(3)16-13/h4-7,9-10,15,17H,8H2,1-3H3. The van der Waals surface area contributed by atoms with E-state index in [9.17, 15) is 5.11 Å². The van der Waals surface area contributed by atoms with E-state index >= 15 is 0 Å². The van der Waals surface area contributed by atoms with E-state index < -0.39 is 6.10 Å². The van der Waals surface area contributed by atoms with Gasteiger partial charge in [0.1, 0.15) is 5.75 Å². The first-order chi connectivity index (χ1) is 9.04. The van der Waals surface area contributed by atoms with Crippen molar-refractivity contribution < 1.29 is 9.84 Å². The number of aromatic nitrogens is 1. The Morgan fingerprint density at radius 3 is 2.79 bits per heavy atom. The van der Waals surface area contributed by atoms with Crippen molar-refractivity contribution in [2.24, 2.45) is 0 Å². The summed E-state index contributed by atoms with van der Waals surface area (Å²) < 4.78 is 5.63. The van der Waals surface area contributed by atoms with E-state index in [1.54, 1.807) is 11.3 Å². The summed E-state index contributed by atoms with van der Waals surface area (Å²) >= 11 is 1.61. The molecule has 2 rings (SSSR count). The summed E-state index contributed by atoms with van der Waals surface area (Å²) in [6, 6.07) is 7.62. The zero-order valence-corrected chi connectivity index (χ0v) is 12.3. The number of rotatable bonds is 5. The second-order valence-corrected chi connectivity index (χ2v) is 5.88. The van der Waals surface area contributed by atoms with Gasteiger partial charge in [-0.25, -0.2) is 4.98 Å². The molecule has 1 aromatic carbocycles. The van der Waals surface area contributed by atoms with E-state index in [0.717, 1.165) is 22.0 Å². The number of aliphatic hydroxyl groups excluding tert-OH is 1. The first kappa shape index (κ1) is 14.0. The minimum absolute atomic E-state index is 0.133. The van der Waals surface area contributed by atoms with Crippen molar-refractivity contribution in [2.45, 2.75) is 39.4 Å². The van der Waals surface area contributed by atoms with Crippen LogP contribution in [0.2, 0.25) is 0 Å². The van der Waals surface area contributed by atoms with Gasteiger partial charge in [-0.05, 0) is 38.5 Å². The van der Waals surface area contributed by atoms with E-state index in [-0.39, 0.29) is 6.10 Å². The number of benzene rings is 1. The Labute approximate surface area is 117 Å². The van der Waals surface area contributed by atoms with E-state index in [1.165, 1.54) is 0 Å². The van der Waals surface area contributed by atoms with Crippen LogP contribution in [-0.4, -0.2) is 16.2 Å². The molecule has 3 nitrogen and oxygen atoms in total. The number of aryl methyl sites for hydroxylation is 1. The third-order valence-electron chi connectivity index (χ3n) is 2.68. The molecule has 1 atom stereocenters. The highest BCUT2D eigenvalue weighted by Crippen LogP contribution is 2.23. The summed E-state index contributed by atoms with van der Waals surface area (Å²) in [6.07, 6.45) is 0.126. The van der Waals surface area contributed by atoms with Crippen molar-refractivity contribution in [2.75, 3.05) is 0 Å². The maximum absolute atomic E-state index is 10.3. The molecule has 4 heteroatoms. The normalized spacial score (nSPS) is 12.7. The maximum Gasteiger partial charge on any atom is 0.120 e. The summed E-state index contributed by atoms with van der Waals surface area (Å²) in [5.74, 6) is 0.793. The van der Waals surface area contributed by atoms with Gasteiger partial charge in [-0.2, -0.15) is 0 Å². The summed E-state index contributed by atoms with van der Waals surface area (Å²) in [7, 11) is 0. The molecular formula is C15H19NO2S. The third kappa shape index (κ3) is 4.04. The quantitative estimate of drug-likeness (QED) is 0.909. The second-order valence-electron chi connectivity index (χ2n) is 4.82. The van der Waals surface area contributed by atoms with Gasteiger partial charge in [-0.15, -0.1) is 11.3 Å². The van der Waals surface area contributed by atoms with Crippen LogP contribution >= 0.6 is 11.3 Å². The van der Waals surface area contributed by atoms with Crippen molar-refractivity contribution in [3.8, 4) is 5.75 Å². The van der Waals surface area contributed by atoms with E-state index in [2.05, 4.69) is 4.98 Å². The Hall–Kier alpha value is -1.39. The second kappa shape index (κ2) is 6.17. The minimum atomic E-state index is -0.544. The molecule has 1 aromatic heterocycles. The van der Waals surface area contributed by atoms with Crippen LogP contribution in [0.5, 0.6) is 5.75 Å². The van der Waals surface area contributed by atoms with Crippen molar-refractivity contribution in [1.82, 2.24) is 4.98 Å². The van der Waals surface area contributed by atoms with Gasteiger partial charge in [-0.3, -0.25) is 0 Å². The van der Waals surface area contributed by atoms with Gasteiger partial charge >= 0.3 is 0 Å². The molecule has 1 heterocycles. The Kier molecular flexibility index (Phi) is 4.56. The molecule has 0 aliphatic carbocycles. The van der Waals surface area contributed by atoms with Gasteiger partial charge in [0.15, 0.2) is 0 Å². The fourth-order valence-electron chi connectivity index (χ4n) is 1.89. The molecule has 0 radical (unpaired) electrons. The molecule has 1 N–H and O–H groups in total. The average molecular weight is 277 g/mol. The van der Waals surface area contributed by atoms with Gasteiger partial charge in [-0.1, -0.05) is 12.1 Å². The number of ether oxygens (including phenoxy) is 1. The molecule has 0 saturated heterocycles. The summed E-state index contributed by atoms with van der Waals surface area (Å²) in [4.78, 5) is 4.37. The van der Waals surface area contributed by atoms with Crippen LogP contribution < -0.4 is 4.74 Å². The Balaban J connectivity index is 2.08. The SMILES string of the molecule is Cc1nc(CC(O)c2cccc(OC(C)C)c2)cs1. The molecule has 0 amide bonds. The molecule has 0 bridgehead atoms. The van der Waals surface area contributed by atoms with Crippen molar-refractivity contribution in [1.29, 1.82) is 0 Å². The van der Waals surface area contributed by atoms with E-state index in [4.69, 9.17) is 4.74 Å². The van der Waals surface area contributed by atoms with E-state index in [1.807, 2.05) is 50.4 Å². The molecule has 0 aliphatic heterocycles. The highest BCUT2D eigenvalue weighted by atomic mass is 32.1. The number of thiazole rings is 1. The molecular weight excluding hydrogens is 258 g/mol. The Bertz CT molecular complexity index is 536. The Morgan fingerprint density at radius 1 is 1.37 bits per heavy atom. The topological polar surface area (TPSA) is 42.4 Å². The zero-order valence-electron chi connectivity index (χ0n) is 11.5. The van der Waals surface area contributed by atoms with Gasteiger partial charge in [0, 0.05) is 11.8 Å². The average Bonchev–Trinajstić information content (AvgIpc) is 2.74. The minimum Gasteiger partial charge on any atom is -0.491 e. The van der Waals surface area contributed by atoms with Crippen LogP contribution in [0.4, 0.5) is 0 Å².